The van der Waals surface area contributed by atoms with Gasteiger partial charge >= 0.3 is 0 Å². The van der Waals surface area contributed by atoms with Crippen LogP contribution in [0.4, 0.5) is 8.78 Å². The molecule has 0 bridgehead atoms. The SMILES string of the molecule is O=C(c1cc(F)cc(F)c1)N(Cc1ccco1)Cc1ccccc1O. The minimum Gasteiger partial charge on any atom is -0.508 e. The maximum Gasteiger partial charge on any atom is 0.254 e. The number of aromatic hydroxyl groups is 1. The fourth-order valence-electron chi connectivity index (χ4n) is 2.50. The average Bonchev–Trinajstić information content (AvgIpc) is 3.07. The number of furan rings is 1. The zero-order valence-electron chi connectivity index (χ0n) is 13.2. The van der Waals surface area contributed by atoms with Gasteiger partial charge in [-0.15, -0.1) is 0 Å². The summed E-state index contributed by atoms with van der Waals surface area (Å²) < 4.78 is 32.2. The summed E-state index contributed by atoms with van der Waals surface area (Å²) in [5.41, 5.74) is 0.402. The van der Waals surface area contributed by atoms with Gasteiger partial charge in [0.1, 0.15) is 23.1 Å². The number of halogens is 2. The number of amides is 1. The van der Waals surface area contributed by atoms with E-state index in [1.165, 1.54) is 17.2 Å². The van der Waals surface area contributed by atoms with Gasteiger partial charge < -0.3 is 14.4 Å². The number of carbonyl (C=O) groups is 1. The Balaban J connectivity index is 1.92. The molecular weight excluding hydrogens is 328 g/mol. The first-order valence-electron chi connectivity index (χ1n) is 7.57. The molecular formula is C19H15F2NO3. The van der Waals surface area contributed by atoms with Crippen molar-refractivity contribution in [1.82, 2.24) is 4.90 Å². The Bertz CT molecular complexity index is 858. The van der Waals surface area contributed by atoms with Crippen molar-refractivity contribution >= 4 is 5.91 Å². The van der Waals surface area contributed by atoms with Crippen LogP contribution in [-0.4, -0.2) is 15.9 Å². The zero-order chi connectivity index (χ0) is 17.8. The second-order valence-electron chi connectivity index (χ2n) is 5.53. The van der Waals surface area contributed by atoms with Gasteiger partial charge in [0, 0.05) is 17.2 Å². The van der Waals surface area contributed by atoms with Gasteiger partial charge in [-0.2, -0.15) is 0 Å². The van der Waals surface area contributed by atoms with Crippen molar-refractivity contribution in [2.24, 2.45) is 0 Å². The van der Waals surface area contributed by atoms with E-state index in [1.807, 2.05) is 0 Å². The van der Waals surface area contributed by atoms with E-state index in [0.29, 0.717) is 17.4 Å². The first kappa shape index (κ1) is 16.7. The quantitative estimate of drug-likeness (QED) is 0.759. The molecule has 0 saturated carbocycles. The lowest BCUT2D eigenvalue weighted by atomic mass is 10.1. The van der Waals surface area contributed by atoms with Crippen LogP contribution in [0.2, 0.25) is 0 Å². The monoisotopic (exact) mass is 343 g/mol. The van der Waals surface area contributed by atoms with E-state index in [9.17, 15) is 18.7 Å². The first-order valence-corrected chi connectivity index (χ1v) is 7.57. The lowest BCUT2D eigenvalue weighted by Crippen LogP contribution is -2.30. The molecule has 0 atom stereocenters. The number of rotatable bonds is 5. The Kier molecular flexibility index (Phi) is 4.79. The molecule has 0 spiro atoms. The summed E-state index contributed by atoms with van der Waals surface area (Å²) in [4.78, 5) is 14.1. The minimum atomic E-state index is -0.830. The fraction of sp³-hybridized carbons (Fsp3) is 0.105. The lowest BCUT2D eigenvalue weighted by Gasteiger charge is -2.22. The van der Waals surface area contributed by atoms with Gasteiger partial charge in [0.05, 0.1) is 19.4 Å². The lowest BCUT2D eigenvalue weighted by molar-refractivity contribution is 0.0715. The van der Waals surface area contributed by atoms with Gasteiger partial charge in [-0.25, -0.2) is 8.78 Å². The van der Waals surface area contributed by atoms with Crippen molar-refractivity contribution < 1.29 is 23.1 Å². The minimum absolute atomic E-state index is 0.0326. The normalized spacial score (nSPS) is 10.6. The van der Waals surface area contributed by atoms with Gasteiger partial charge in [-0.1, -0.05) is 18.2 Å². The highest BCUT2D eigenvalue weighted by atomic mass is 19.1. The van der Waals surface area contributed by atoms with Crippen LogP contribution in [0.3, 0.4) is 0 Å². The summed E-state index contributed by atoms with van der Waals surface area (Å²) in [6.07, 6.45) is 1.47. The number of carbonyl (C=O) groups excluding carboxylic acids is 1. The van der Waals surface area contributed by atoms with Crippen LogP contribution < -0.4 is 0 Å². The highest BCUT2D eigenvalue weighted by Gasteiger charge is 2.20. The molecule has 0 aliphatic carbocycles. The second-order valence-corrected chi connectivity index (χ2v) is 5.53. The largest absolute Gasteiger partial charge is 0.508 e. The molecule has 6 heteroatoms. The van der Waals surface area contributed by atoms with E-state index < -0.39 is 17.5 Å². The van der Waals surface area contributed by atoms with Crippen molar-refractivity contribution in [3.05, 3.63) is 89.4 Å². The molecule has 0 unspecified atom stereocenters. The summed E-state index contributed by atoms with van der Waals surface area (Å²) in [5, 5.41) is 9.94. The van der Waals surface area contributed by atoms with Crippen molar-refractivity contribution in [3.63, 3.8) is 0 Å². The summed E-state index contributed by atoms with van der Waals surface area (Å²) in [7, 11) is 0. The van der Waals surface area contributed by atoms with Crippen LogP contribution in [0.1, 0.15) is 21.7 Å². The van der Waals surface area contributed by atoms with Crippen LogP contribution in [0, 0.1) is 11.6 Å². The van der Waals surface area contributed by atoms with E-state index in [2.05, 4.69) is 0 Å². The van der Waals surface area contributed by atoms with E-state index >= 15 is 0 Å². The van der Waals surface area contributed by atoms with E-state index in [4.69, 9.17) is 4.42 Å². The van der Waals surface area contributed by atoms with Gasteiger partial charge in [-0.05, 0) is 30.3 Å². The van der Waals surface area contributed by atoms with Gasteiger partial charge in [0.15, 0.2) is 0 Å². The molecule has 1 heterocycles. The molecule has 0 aliphatic heterocycles. The highest BCUT2D eigenvalue weighted by molar-refractivity contribution is 5.94. The topological polar surface area (TPSA) is 53.7 Å². The third kappa shape index (κ3) is 4.03. The number of para-hydroxylation sites is 1. The summed E-state index contributed by atoms with van der Waals surface area (Å²) in [6.45, 7) is 0.155. The molecule has 3 aromatic rings. The number of benzene rings is 2. The standard InChI is InChI=1S/C19H15F2NO3/c20-15-8-14(9-16(21)10-15)19(24)22(12-17-5-3-7-25-17)11-13-4-1-2-6-18(13)23/h1-10,23H,11-12H2. The molecule has 0 fully saturated rings. The maximum absolute atomic E-state index is 13.5. The Morgan fingerprint density at radius 1 is 1.00 bits per heavy atom. The Morgan fingerprint density at radius 2 is 1.72 bits per heavy atom. The van der Waals surface area contributed by atoms with Gasteiger partial charge in [0.2, 0.25) is 0 Å². The molecule has 0 radical (unpaired) electrons. The fourth-order valence-corrected chi connectivity index (χ4v) is 2.50. The van der Waals surface area contributed by atoms with Crippen molar-refractivity contribution in [3.8, 4) is 5.75 Å². The molecule has 1 aromatic heterocycles. The molecule has 3 rings (SSSR count). The Labute approximate surface area is 142 Å². The van der Waals surface area contributed by atoms with Crippen LogP contribution in [0.15, 0.2) is 65.3 Å². The molecule has 0 aliphatic rings. The van der Waals surface area contributed by atoms with Gasteiger partial charge in [-0.3, -0.25) is 4.79 Å². The van der Waals surface area contributed by atoms with Crippen molar-refractivity contribution in [1.29, 1.82) is 0 Å². The van der Waals surface area contributed by atoms with Crippen LogP contribution in [0.5, 0.6) is 5.75 Å². The second kappa shape index (κ2) is 7.17. The van der Waals surface area contributed by atoms with Crippen LogP contribution in [-0.2, 0) is 13.1 Å². The van der Waals surface area contributed by atoms with Crippen LogP contribution >= 0.6 is 0 Å². The Hall–Kier alpha value is -3.15. The van der Waals surface area contributed by atoms with Crippen LogP contribution in [0.25, 0.3) is 0 Å². The van der Waals surface area contributed by atoms with Gasteiger partial charge in [0.25, 0.3) is 5.91 Å². The third-order valence-corrected chi connectivity index (χ3v) is 3.68. The predicted octanol–water partition coefficient (Wildman–Crippen LogP) is 4.11. The molecule has 1 amide bonds. The van der Waals surface area contributed by atoms with Crippen molar-refractivity contribution in [2.45, 2.75) is 13.1 Å². The van der Waals surface area contributed by atoms with E-state index in [0.717, 1.165) is 12.1 Å². The number of hydrogen-bond donors (Lipinski definition) is 1. The predicted molar refractivity (Wildman–Crippen MR) is 86.8 cm³/mol. The Morgan fingerprint density at radius 3 is 2.36 bits per heavy atom. The molecule has 4 nitrogen and oxygen atoms in total. The zero-order valence-corrected chi connectivity index (χ0v) is 13.2. The van der Waals surface area contributed by atoms with E-state index in [1.54, 1.807) is 30.3 Å². The van der Waals surface area contributed by atoms with Crippen molar-refractivity contribution in [2.75, 3.05) is 0 Å². The first-order chi connectivity index (χ1) is 12.0. The number of phenols is 1. The maximum atomic E-state index is 13.5. The number of hydrogen-bond acceptors (Lipinski definition) is 3. The number of nitrogens with zero attached hydrogens (tertiary/aromatic N) is 1. The molecule has 0 saturated heterocycles. The summed E-state index contributed by atoms with van der Waals surface area (Å²) in [5.74, 6) is -1.68. The third-order valence-electron chi connectivity index (χ3n) is 3.68. The smallest absolute Gasteiger partial charge is 0.254 e. The molecule has 2 aromatic carbocycles. The highest BCUT2D eigenvalue weighted by Crippen LogP contribution is 2.21. The van der Waals surface area contributed by atoms with E-state index in [-0.39, 0.29) is 24.4 Å². The number of phenolic OH excluding ortho intramolecular Hbond substituents is 1. The average molecular weight is 343 g/mol. The summed E-state index contributed by atoms with van der Waals surface area (Å²) >= 11 is 0. The molecule has 128 valence electrons. The summed E-state index contributed by atoms with van der Waals surface area (Å²) in [6, 6.07) is 12.6. The molecule has 25 heavy (non-hydrogen) atoms. The molecule has 1 N–H and O–H groups in total.